The van der Waals surface area contributed by atoms with Crippen molar-refractivity contribution < 1.29 is 4.79 Å². The summed E-state index contributed by atoms with van der Waals surface area (Å²) in [6.45, 7) is 1.95. The summed E-state index contributed by atoms with van der Waals surface area (Å²) >= 11 is 11.8. The first kappa shape index (κ1) is 16.9. The molecule has 2 aromatic rings. The van der Waals surface area contributed by atoms with Gasteiger partial charge in [-0.1, -0.05) is 35.3 Å². The Bertz CT molecular complexity index is 810. The molecule has 2 aromatic carbocycles. The zero-order valence-corrected chi connectivity index (χ0v) is 13.7. The highest BCUT2D eigenvalue weighted by Crippen LogP contribution is 2.25. The van der Waals surface area contributed by atoms with E-state index in [9.17, 15) is 4.79 Å². The highest BCUT2D eigenvalue weighted by Gasteiger charge is 2.11. The predicted octanol–water partition coefficient (Wildman–Crippen LogP) is 4.76. The molecule has 0 heterocycles. The third kappa shape index (κ3) is 4.75. The number of rotatable bonds is 4. The molecular formula is C17H13Cl2N3O. The van der Waals surface area contributed by atoms with Gasteiger partial charge in [0.25, 0.3) is 5.91 Å². The number of nitriles is 1. The number of carbonyl (C=O) groups excluding carboxylic acids is 1. The smallest absolute Gasteiger partial charge is 0.267 e. The maximum Gasteiger partial charge on any atom is 0.267 e. The van der Waals surface area contributed by atoms with Gasteiger partial charge in [0.2, 0.25) is 0 Å². The lowest BCUT2D eigenvalue weighted by Crippen LogP contribution is -2.14. The van der Waals surface area contributed by atoms with Gasteiger partial charge in [-0.05, 0) is 42.8 Å². The number of halogens is 2. The van der Waals surface area contributed by atoms with Crippen LogP contribution in [-0.2, 0) is 4.79 Å². The van der Waals surface area contributed by atoms with E-state index in [-0.39, 0.29) is 5.57 Å². The maximum absolute atomic E-state index is 12.1. The van der Waals surface area contributed by atoms with Gasteiger partial charge >= 0.3 is 0 Å². The highest BCUT2D eigenvalue weighted by atomic mass is 35.5. The summed E-state index contributed by atoms with van der Waals surface area (Å²) in [6.07, 6.45) is 1.36. The van der Waals surface area contributed by atoms with Crippen molar-refractivity contribution in [1.82, 2.24) is 0 Å². The Hall–Kier alpha value is -2.48. The second-order valence-corrected chi connectivity index (χ2v) is 5.61. The van der Waals surface area contributed by atoms with Gasteiger partial charge in [0.1, 0.15) is 11.6 Å². The fourth-order valence-corrected chi connectivity index (χ4v) is 2.28. The molecule has 0 aromatic heterocycles. The molecule has 0 spiro atoms. The number of carbonyl (C=O) groups is 1. The van der Waals surface area contributed by atoms with E-state index in [1.54, 1.807) is 12.1 Å². The van der Waals surface area contributed by atoms with Crippen LogP contribution < -0.4 is 10.6 Å². The number of aryl methyl sites for hydroxylation is 1. The number of benzene rings is 2. The fourth-order valence-electron chi connectivity index (χ4n) is 1.82. The Kier molecular flexibility index (Phi) is 5.64. The average Bonchev–Trinajstić information content (AvgIpc) is 2.51. The van der Waals surface area contributed by atoms with Crippen LogP contribution in [0.5, 0.6) is 0 Å². The molecule has 23 heavy (non-hydrogen) atoms. The van der Waals surface area contributed by atoms with Crippen LogP contribution in [0.15, 0.2) is 54.2 Å². The van der Waals surface area contributed by atoms with E-state index >= 15 is 0 Å². The minimum Gasteiger partial charge on any atom is -0.360 e. The molecule has 4 nitrogen and oxygen atoms in total. The Morgan fingerprint density at radius 2 is 2.00 bits per heavy atom. The number of hydrogen-bond donors (Lipinski definition) is 2. The first-order valence-corrected chi connectivity index (χ1v) is 7.45. The van der Waals surface area contributed by atoms with Gasteiger partial charge in [0.15, 0.2) is 0 Å². The predicted molar refractivity (Wildman–Crippen MR) is 93.6 cm³/mol. The lowest BCUT2D eigenvalue weighted by Gasteiger charge is -2.07. The quantitative estimate of drug-likeness (QED) is 0.620. The minimum atomic E-state index is -0.558. The first-order valence-electron chi connectivity index (χ1n) is 6.69. The Balaban J connectivity index is 2.12. The molecule has 1 amide bonds. The van der Waals surface area contributed by atoms with Crippen molar-refractivity contribution in [2.45, 2.75) is 6.92 Å². The minimum absolute atomic E-state index is 0.0717. The molecule has 0 unspecified atom stereocenters. The maximum atomic E-state index is 12.1. The summed E-state index contributed by atoms with van der Waals surface area (Å²) in [5.41, 5.74) is 2.17. The zero-order valence-electron chi connectivity index (χ0n) is 12.2. The Labute approximate surface area is 144 Å². The molecule has 2 rings (SSSR count). The van der Waals surface area contributed by atoms with Gasteiger partial charge in [-0.15, -0.1) is 0 Å². The molecule has 0 aliphatic carbocycles. The molecule has 0 aliphatic rings. The van der Waals surface area contributed by atoms with E-state index in [0.29, 0.717) is 15.7 Å². The van der Waals surface area contributed by atoms with Gasteiger partial charge in [-0.3, -0.25) is 4.79 Å². The van der Waals surface area contributed by atoms with E-state index in [2.05, 4.69) is 10.6 Å². The summed E-state index contributed by atoms with van der Waals surface area (Å²) in [5.74, 6) is -0.558. The van der Waals surface area contributed by atoms with E-state index in [0.717, 1.165) is 11.3 Å². The second-order valence-electron chi connectivity index (χ2n) is 4.76. The Morgan fingerprint density at radius 1 is 1.22 bits per heavy atom. The lowest BCUT2D eigenvalue weighted by molar-refractivity contribution is -0.112. The van der Waals surface area contributed by atoms with Crippen molar-refractivity contribution in [2.24, 2.45) is 0 Å². The van der Waals surface area contributed by atoms with Crippen LogP contribution >= 0.6 is 23.2 Å². The summed E-state index contributed by atoms with van der Waals surface area (Å²) in [4.78, 5) is 12.1. The van der Waals surface area contributed by atoms with Crippen LogP contribution in [0.4, 0.5) is 11.4 Å². The van der Waals surface area contributed by atoms with Crippen LogP contribution in [0.1, 0.15) is 5.56 Å². The van der Waals surface area contributed by atoms with E-state index < -0.39 is 5.91 Å². The van der Waals surface area contributed by atoms with Crippen LogP contribution in [0, 0.1) is 18.3 Å². The molecule has 2 N–H and O–H groups in total. The van der Waals surface area contributed by atoms with Crippen molar-refractivity contribution in [2.75, 3.05) is 10.6 Å². The van der Waals surface area contributed by atoms with E-state index in [1.165, 1.54) is 12.3 Å². The van der Waals surface area contributed by atoms with Crippen molar-refractivity contribution in [3.05, 3.63) is 69.8 Å². The van der Waals surface area contributed by atoms with E-state index in [1.807, 2.05) is 37.3 Å². The molecule has 0 saturated carbocycles. The molecule has 0 atom stereocenters. The fraction of sp³-hybridized carbons (Fsp3) is 0.0588. The van der Waals surface area contributed by atoms with Crippen LogP contribution in [0.3, 0.4) is 0 Å². The van der Waals surface area contributed by atoms with Crippen LogP contribution in [0.2, 0.25) is 10.0 Å². The molecule has 0 saturated heterocycles. The Morgan fingerprint density at radius 3 is 2.65 bits per heavy atom. The number of hydrogen-bond acceptors (Lipinski definition) is 3. The molecule has 6 heteroatoms. The third-order valence-corrected chi connectivity index (χ3v) is 3.49. The SMILES string of the molecule is Cc1cccc(N/C=C(/C#N)C(=O)Nc2ccc(Cl)cc2Cl)c1. The standard InChI is InChI=1S/C17H13Cl2N3O/c1-11-3-2-4-14(7-11)21-10-12(9-20)17(23)22-16-6-5-13(18)8-15(16)19/h2-8,10,21H,1H3,(H,22,23)/b12-10-. The third-order valence-electron chi connectivity index (χ3n) is 2.95. The van der Waals surface area contributed by atoms with Gasteiger partial charge in [-0.2, -0.15) is 5.26 Å². The lowest BCUT2D eigenvalue weighted by atomic mass is 10.2. The average molecular weight is 346 g/mol. The van der Waals surface area contributed by atoms with Crippen LogP contribution in [-0.4, -0.2) is 5.91 Å². The van der Waals surface area contributed by atoms with Gasteiger partial charge < -0.3 is 10.6 Å². The van der Waals surface area contributed by atoms with Crippen molar-refractivity contribution >= 4 is 40.5 Å². The molecule has 0 radical (unpaired) electrons. The number of anilines is 2. The highest BCUT2D eigenvalue weighted by molar-refractivity contribution is 6.36. The van der Waals surface area contributed by atoms with Gasteiger partial charge in [0.05, 0.1) is 10.7 Å². The summed E-state index contributed by atoms with van der Waals surface area (Å²) in [6, 6.07) is 14.1. The van der Waals surface area contributed by atoms with Crippen LogP contribution in [0.25, 0.3) is 0 Å². The van der Waals surface area contributed by atoms with Gasteiger partial charge in [0, 0.05) is 16.9 Å². The molecular weight excluding hydrogens is 333 g/mol. The molecule has 0 bridgehead atoms. The number of nitrogens with one attached hydrogen (secondary N) is 2. The normalized spacial score (nSPS) is 10.8. The number of nitrogens with zero attached hydrogens (tertiary/aromatic N) is 1. The summed E-state index contributed by atoms with van der Waals surface area (Å²) in [7, 11) is 0. The zero-order chi connectivity index (χ0) is 16.8. The monoisotopic (exact) mass is 345 g/mol. The number of amides is 1. The largest absolute Gasteiger partial charge is 0.360 e. The second kappa shape index (κ2) is 7.68. The topological polar surface area (TPSA) is 64.9 Å². The first-order chi connectivity index (χ1) is 11.0. The molecule has 116 valence electrons. The van der Waals surface area contributed by atoms with Crippen molar-refractivity contribution in [1.29, 1.82) is 5.26 Å². The van der Waals surface area contributed by atoms with Gasteiger partial charge in [-0.25, -0.2) is 0 Å². The molecule has 0 fully saturated rings. The molecule has 0 aliphatic heterocycles. The summed E-state index contributed by atoms with van der Waals surface area (Å²) in [5, 5.41) is 15.4. The van der Waals surface area contributed by atoms with Crippen molar-refractivity contribution in [3.8, 4) is 6.07 Å². The van der Waals surface area contributed by atoms with Crippen molar-refractivity contribution in [3.63, 3.8) is 0 Å². The van der Waals surface area contributed by atoms with E-state index in [4.69, 9.17) is 28.5 Å². The summed E-state index contributed by atoms with van der Waals surface area (Å²) < 4.78 is 0.